The van der Waals surface area contributed by atoms with E-state index in [1.807, 2.05) is 31.2 Å². The second-order valence-corrected chi connectivity index (χ2v) is 7.48. The van der Waals surface area contributed by atoms with Crippen LogP contribution in [0, 0.1) is 11.8 Å². The molecule has 0 saturated carbocycles. The number of piperidine rings is 1. The first-order chi connectivity index (χ1) is 13.1. The maximum atomic E-state index is 13.1. The molecule has 3 heteroatoms. The average Bonchev–Trinajstić information content (AvgIpc) is 2.68. The van der Waals surface area contributed by atoms with Crippen LogP contribution in [0.15, 0.2) is 55.1 Å². The van der Waals surface area contributed by atoms with E-state index >= 15 is 0 Å². The molecule has 0 spiro atoms. The summed E-state index contributed by atoms with van der Waals surface area (Å²) in [5.41, 5.74) is 1.18. The number of nitrogens with zero attached hydrogens (tertiary/aromatic N) is 1. The quantitative estimate of drug-likeness (QED) is 0.428. The van der Waals surface area contributed by atoms with Crippen LogP contribution in [0.5, 0.6) is 0 Å². The van der Waals surface area contributed by atoms with Crippen molar-refractivity contribution in [2.24, 2.45) is 11.8 Å². The number of hydrogen-bond donors (Lipinski definition) is 0. The molecule has 1 saturated heterocycles. The van der Waals surface area contributed by atoms with E-state index in [0.717, 1.165) is 25.8 Å². The highest BCUT2D eigenvalue weighted by atomic mass is 16.5. The van der Waals surface area contributed by atoms with Gasteiger partial charge < -0.3 is 4.74 Å². The summed E-state index contributed by atoms with van der Waals surface area (Å²) in [6.07, 6.45) is 9.08. The SMILES string of the molecule is C=CCN1[C@H](CCOCc2ccccc2)[C@H](C)C(=O)[C@@H](CCC)[C@@H]1/C=C/C. The number of allylic oxidation sites excluding steroid dienone is 1. The van der Waals surface area contributed by atoms with E-state index in [2.05, 4.69) is 49.6 Å². The fraction of sp³-hybridized carbons (Fsp3) is 0.542. The number of benzene rings is 1. The van der Waals surface area contributed by atoms with E-state index in [0.29, 0.717) is 19.0 Å². The van der Waals surface area contributed by atoms with Gasteiger partial charge in [-0.1, -0.05) is 68.8 Å². The van der Waals surface area contributed by atoms with Crippen molar-refractivity contribution in [1.82, 2.24) is 4.90 Å². The standard InChI is InChI=1S/C24H35NO2/c1-5-11-21-23(12-6-2)25(16-7-3)22(19(4)24(21)26)15-17-27-18-20-13-9-8-10-14-20/h6-10,12-14,19,21-23H,3,5,11,15-18H2,1-2,4H3/b12-6+/t19-,21-,22+,23-/m0/s1. The van der Waals surface area contributed by atoms with Crippen LogP contribution < -0.4 is 0 Å². The zero-order valence-corrected chi connectivity index (χ0v) is 17.1. The number of rotatable bonds is 10. The molecule has 1 aliphatic rings. The largest absolute Gasteiger partial charge is 0.377 e. The average molecular weight is 370 g/mol. The fourth-order valence-corrected chi connectivity index (χ4v) is 4.29. The van der Waals surface area contributed by atoms with Gasteiger partial charge in [-0.05, 0) is 25.3 Å². The van der Waals surface area contributed by atoms with Gasteiger partial charge in [0.2, 0.25) is 0 Å². The van der Waals surface area contributed by atoms with E-state index in [-0.39, 0.29) is 23.9 Å². The molecule has 0 bridgehead atoms. The van der Waals surface area contributed by atoms with E-state index in [4.69, 9.17) is 4.74 Å². The number of ketones is 1. The van der Waals surface area contributed by atoms with Gasteiger partial charge in [0.15, 0.2) is 0 Å². The van der Waals surface area contributed by atoms with Crippen LogP contribution in [0.3, 0.4) is 0 Å². The van der Waals surface area contributed by atoms with E-state index < -0.39 is 0 Å². The van der Waals surface area contributed by atoms with Gasteiger partial charge in [-0.15, -0.1) is 6.58 Å². The zero-order valence-electron chi connectivity index (χ0n) is 17.1. The lowest BCUT2D eigenvalue weighted by Gasteiger charge is -2.47. The molecule has 148 valence electrons. The smallest absolute Gasteiger partial charge is 0.142 e. The molecule has 1 fully saturated rings. The second kappa shape index (κ2) is 11.2. The van der Waals surface area contributed by atoms with Gasteiger partial charge in [0.1, 0.15) is 5.78 Å². The van der Waals surface area contributed by atoms with Crippen LogP contribution in [0.2, 0.25) is 0 Å². The fourth-order valence-electron chi connectivity index (χ4n) is 4.29. The van der Waals surface area contributed by atoms with Crippen LogP contribution in [-0.4, -0.2) is 35.9 Å². The van der Waals surface area contributed by atoms with Crippen molar-refractivity contribution in [3.05, 3.63) is 60.7 Å². The third-order valence-electron chi connectivity index (χ3n) is 5.61. The molecule has 0 amide bonds. The molecule has 0 N–H and O–H groups in total. The molecule has 4 atom stereocenters. The summed E-state index contributed by atoms with van der Waals surface area (Å²) < 4.78 is 5.92. The highest BCUT2D eigenvalue weighted by Crippen LogP contribution is 2.34. The number of carbonyl (C=O) groups is 1. The van der Waals surface area contributed by atoms with Crippen LogP contribution >= 0.6 is 0 Å². The number of hydrogen-bond acceptors (Lipinski definition) is 3. The molecule has 27 heavy (non-hydrogen) atoms. The molecule has 0 radical (unpaired) electrons. The lowest BCUT2D eigenvalue weighted by Crippen LogP contribution is -2.58. The van der Waals surface area contributed by atoms with Crippen LogP contribution in [0.4, 0.5) is 0 Å². The highest BCUT2D eigenvalue weighted by molar-refractivity contribution is 5.85. The van der Waals surface area contributed by atoms with Gasteiger partial charge in [-0.3, -0.25) is 9.69 Å². The number of carbonyl (C=O) groups excluding carboxylic acids is 1. The Balaban J connectivity index is 2.06. The summed E-state index contributed by atoms with van der Waals surface area (Å²) in [4.78, 5) is 15.6. The normalized spacial score (nSPS) is 26.6. The highest BCUT2D eigenvalue weighted by Gasteiger charge is 2.44. The first-order valence-electron chi connectivity index (χ1n) is 10.3. The van der Waals surface area contributed by atoms with Crippen molar-refractivity contribution in [3.8, 4) is 0 Å². The lowest BCUT2D eigenvalue weighted by molar-refractivity contribution is -0.137. The summed E-state index contributed by atoms with van der Waals surface area (Å²) >= 11 is 0. The summed E-state index contributed by atoms with van der Waals surface area (Å²) in [6.45, 7) is 12.3. The summed E-state index contributed by atoms with van der Waals surface area (Å²) in [7, 11) is 0. The Morgan fingerprint density at radius 3 is 2.59 bits per heavy atom. The van der Waals surface area contributed by atoms with Crippen molar-refractivity contribution in [2.75, 3.05) is 13.2 Å². The predicted octanol–water partition coefficient (Wildman–Crippen LogP) is 5.03. The molecule has 1 aromatic rings. The Kier molecular flexibility index (Phi) is 8.96. The van der Waals surface area contributed by atoms with Crippen molar-refractivity contribution in [3.63, 3.8) is 0 Å². The maximum Gasteiger partial charge on any atom is 0.142 e. The van der Waals surface area contributed by atoms with Gasteiger partial charge in [0.05, 0.1) is 6.61 Å². The van der Waals surface area contributed by atoms with Crippen LogP contribution in [0.25, 0.3) is 0 Å². The number of Topliss-reactive ketones (excluding diaryl/α,β-unsaturated/α-hetero) is 1. The third-order valence-corrected chi connectivity index (χ3v) is 5.61. The molecule has 3 nitrogen and oxygen atoms in total. The van der Waals surface area contributed by atoms with Gasteiger partial charge in [0, 0.05) is 37.1 Å². The molecule has 0 aliphatic carbocycles. The first-order valence-corrected chi connectivity index (χ1v) is 10.3. The van der Waals surface area contributed by atoms with Crippen LogP contribution in [-0.2, 0) is 16.1 Å². The molecular formula is C24H35NO2. The minimum absolute atomic E-state index is 0.0309. The third kappa shape index (κ3) is 5.63. The Labute approximate surface area is 165 Å². The van der Waals surface area contributed by atoms with Crippen LogP contribution in [0.1, 0.15) is 45.6 Å². The zero-order chi connectivity index (χ0) is 19.6. The molecule has 2 rings (SSSR count). The molecule has 0 unspecified atom stereocenters. The van der Waals surface area contributed by atoms with Crippen molar-refractivity contribution in [2.45, 2.75) is 58.7 Å². The van der Waals surface area contributed by atoms with E-state index in [9.17, 15) is 4.79 Å². The molecule has 1 aromatic carbocycles. The molecular weight excluding hydrogens is 334 g/mol. The van der Waals surface area contributed by atoms with Gasteiger partial charge >= 0.3 is 0 Å². The first kappa shape index (κ1) is 21.6. The minimum atomic E-state index is 0.0309. The Hall–Kier alpha value is -1.71. The molecule has 1 heterocycles. The van der Waals surface area contributed by atoms with Gasteiger partial charge in [-0.25, -0.2) is 0 Å². The van der Waals surface area contributed by atoms with E-state index in [1.165, 1.54) is 5.56 Å². The van der Waals surface area contributed by atoms with Crippen molar-refractivity contribution >= 4 is 5.78 Å². The summed E-state index contributed by atoms with van der Waals surface area (Å²) in [5.74, 6) is 0.527. The summed E-state index contributed by atoms with van der Waals surface area (Å²) in [5, 5.41) is 0. The van der Waals surface area contributed by atoms with Crippen molar-refractivity contribution in [1.29, 1.82) is 0 Å². The second-order valence-electron chi connectivity index (χ2n) is 7.48. The maximum absolute atomic E-state index is 13.1. The Morgan fingerprint density at radius 2 is 1.96 bits per heavy atom. The molecule has 0 aromatic heterocycles. The van der Waals surface area contributed by atoms with E-state index in [1.54, 1.807) is 0 Å². The Morgan fingerprint density at radius 1 is 1.22 bits per heavy atom. The topological polar surface area (TPSA) is 29.5 Å². The minimum Gasteiger partial charge on any atom is -0.377 e. The number of ether oxygens (including phenoxy) is 1. The van der Waals surface area contributed by atoms with Gasteiger partial charge in [0.25, 0.3) is 0 Å². The molecule has 1 aliphatic heterocycles. The Bertz CT molecular complexity index is 610. The van der Waals surface area contributed by atoms with Gasteiger partial charge in [-0.2, -0.15) is 0 Å². The predicted molar refractivity (Wildman–Crippen MR) is 113 cm³/mol. The summed E-state index contributed by atoms with van der Waals surface area (Å²) in [6, 6.07) is 10.6. The monoisotopic (exact) mass is 369 g/mol. The lowest BCUT2D eigenvalue weighted by atomic mass is 9.75. The van der Waals surface area contributed by atoms with Crippen molar-refractivity contribution < 1.29 is 9.53 Å². The number of likely N-dealkylation sites (tertiary alicyclic amines) is 1.